The molecule has 0 fully saturated rings. The van der Waals surface area contributed by atoms with Gasteiger partial charge in [0.1, 0.15) is 11.6 Å². The Morgan fingerprint density at radius 2 is 1.94 bits per heavy atom. The van der Waals surface area contributed by atoms with Crippen molar-refractivity contribution in [3.63, 3.8) is 0 Å². The molecule has 2 heterocycles. The van der Waals surface area contributed by atoms with Gasteiger partial charge in [0.15, 0.2) is 5.89 Å². The lowest BCUT2D eigenvalue weighted by Crippen LogP contribution is -1.96. The minimum absolute atomic E-state index is 0.827. The second kappa shape index (κ2) is 5.57. The van der Waals surface area contributed by atoms with Gasteiger partial charge in [0.25, 0.3) is 0 Å². The smallest absolute Gasteiger partial charge is 0.194 e. The molecule has 0 bridgehead atoms. The number of nitrogens with zero attached hydrogens (tertiary/aromatic N) is 3. The summed E-state index contributed by atoms with van der Waals surface area (Å²) in [5.41, 5.74) is 1.07. The number of aryl methyl sites for hydroxylation is 4. The normalized spacial score (nSPS) is 10.7. The quantitative estimate of drug-likeness (QED) is 0.793. The van der Waals surface area contributed by atoms with Crippen LogP contribution in [0.3, 0.4) is 0 Å². The van der Waals surface area contributed by atoms with Crippen LogP contribution in [0.15, 0.2) is 22.9 Å². The van der Waals surface area contributed by atoms with Gasteiger partial charge in [0.05, 0.1) is 5.69 Å². The Balaban J connectivity index is 1.88. The van der Waals surface area contributed by atoms with Crippen molar-refractivity contribution < 1.29 is 4.42 Å². The number of aromatic nitrogens is 3. The fourth-order valence-corrected chi connectivity index (χ4v) is 1.74. The summed E-state index contributed by atoms with van der Waals surface area (Å²) in [6.45, 7) is 4.02. The van der Waals surface area contributed by atoms with Crippen LogP contribution in [0.25, 0.3) is 0 Å². The Morgan fingerprint density at radius 1 is 1.18 bits per heavy atom. The predicted molar refractivity (Wildman–Crippen MR) is 64.7 cm³/mol. The summed E-state index contributed by atoms with van der Waals surface area (Å²) in [6, 6.07) is 1.83. The zero-order valence-electron chi connectivity index (χ0n) is 10.3. The van der Waals surface area contributed by atoms with E-state index in [-0.39, 0.29) is 0 Å². The van der Waals surface area contributed by atoms with Crippen LogP contribution in [0.1, 0.15) is 36.5 Å². The van der Waals surface area contributed by atoms with Crippen molar-refractivity contribution >= 4 is 0 Å². The fourth-order valence-electron chi connectivity index (χ4n) is 1.74. The van der Waals surface area contributed by atoms with Gasteiger partial charge in [-0.1, -0.05) is 6.92 Å². The van der Waals surface area contributed by atoms with Gasteiger partial charge in [-0.2, -0.15) is 0 Å². The lowest BCUT2D eigenvalue weighted by atomic mass is 10.1. The molecule has 17 heavy (non-hydrogen) atoms. The molecule has 0 N–H and O–H groups in total. The van der Waals surface area contributed by atoms with Gasteiger partial charge in [0, 0.05) is 25.2 Å². The van der Waals surface area contributed by atoms with Crippen molar-refractivity contribution in [2.24, 2.45) is 0 Å². The van der Waals surface area contributed by atoms with E-state index in [2.05, 4.69) is 15.0 Å². The summed E-state index contributed by atoms with van der Waals surface area (Å²) < 4.78 is 5.52. The highest BCUT2D eigenvalue weighted by Crippen LogP contribution is 2.13. The molecule has 0 aliphatic heterocycles. The van der Waals surface area contributed by atoms with Crippen LogP contribution in [-0.4, -0.2) is 15.0 Å². The standard InChI is InChI=1S/C13H17N3O/c1-3-13-16-11(10(2)17-13)6-4-7-12-14-8-5-9-15-12/h5,8-9H,3-4,6-7H2,1-2H3. The summed E-state index contributed by atoms with van der Waals surface area (Å²) in [5, 5.41) is 0. The van der Waals surface area contributed by atoms with Crippen molar-refractivity contribution in [1.82, 2.24) is 15.0 Å². The van der Waals surface area contributed by atoms with E-state index in [9.17, 15) is 0 Å². The van der Waals surface area contributed by atoms with Gasteiger partial charge >= 0.3 is 0 Å². The lowest BCUT2D eigenvalue weighted by Gasteiger charge is -1.98. The summed E-state index contributed by atoms with van der Waals surface area (Å²) in [7, 11) is 0. The first kappa shape index (κ1) is 11.8. The van der Waals surface area contributed by atoms with Gasteiger partial charge in [-0.3, -0.25) is 0 Å². The topological polar surface area (TPSA) is 51.8 Å². The van der Waals surface area contributed by atoms with E-state index in [1.165, 1.54) is 0 Å². The maximum atomic E-state index is 5.52. The summed E-state index contributed by atoms with van der Waals surface area (Å²) >= 11 is 0. The second-order valence-corrected chi connectivity index (χ2v) is 3.98. The van der Waals surface area contributed by atoms with Crippen LogP contribution in [0.4, 0.5) is 0 Å². The van der Waals surface area contributed by atoms with Crippen molar-refractivity contribution in [3.05, 3.63) is 41.6 Å². The first-order chi connectivity index (χ1) is 8.29. The zero-order valence-corrected chi connectivity index (χ0v) is 10.3. The highest BCUT2D eigenvalue weighted by molar-refractivity contribution is 5.08. The number of oxazole rings is 1. The van der Waals surface area contributed by atoms with Crippen molar-refractivity contribution in [2.45, 2.75) is 39.5 Å². The van der Waals surface area contributed by atoms with Crippen LogP contribution in [0.2, 0.25) is 0 Å². The molecule has 0 unspecified atom stereocenters. The average molecular weight is 231 g/mol. The van der Waals surface area contributed by atoms with Crippen molar-refractivity contribution in [2.75, 3.05) is 0 Å². The number of hydrogen-bond donors (Lipinski definition) is 0. The molecule has 0 aromatic carbocycles. The molecule has 0 saturated heterocycles. The zero-order chi connectivity index (χ0) is 12.1. The maximum Gasteiger partial charge on any atom is 0.194 e. The molecule has 2 aromatic heterocycles. The van der Waals surface area contributed by atoms with E-state index in [0.717, 1.165) is 48.9 Å². The Kier molecular flexibility index (Phi) is 3.85. The Morgan fingerprint density at radius 3 is 2.59 bits per heavy atom. The summed E-state index contributed by atoms with van der Waals surface area (Å²) in [6.07, 6.45) is 7.21. The highest BCUT2D eigenvalue weighted by Gasteiger charge is 2.07. The maximum absolute atomic E-state index is 5.52. The fraction of sp³-hybridized carbons (Fsp3) is 0.462. The van der Waals surface area contributed by atoms with Gasteiger partial charge in [-0.25, -0.2) is 15.0 Å². The third kappa shape index (κ3) is 3.12. The molecule has 0 aliphatic rings. The van der Waals surface area contributed by atoms with E-state index in [1.807, 2.05) is 19.9 Å². The van der Waals surface area contributed by atoms with Crippen LogP contribution < -0.4 is 0 Å². The van der Waals surface area contributed by atoms with Crippen LogP contribution in [0.5, 0.6) is 0 Å². The van der Waals surface area contributed by atoms with Gasteiger partial charge < -0.3 is 4.42 Å². The SMILES string of the molecule is CCc1nc(CCCc2ncccn2)c(C)o1. The van der Waals surface area contributed by atoms with E-state index in [4.69, 9.17) is 4.42 Å². The molecule has 0 atom stereocenters. The summed E-state index contributed by atoms with van der Waals surface area (Å²) in [5.74, 6) is 2.66. The number of hydrogen-bond acceptors (Lipinski definition) is 4. The van der Waals surface area contributed by atoms with Crippen LogP contribution in [0, 0.1) is 6.92 Å². The average Bonchev–Trinajstić information content (AvgIpc) is 2.72. The molecule has 2 rings (SSSR count). The molecule has 2 aromatic rings. The molecule has 0 saturated carbocycles. The first-order valence-electron chi connectivity index (χ1n) is 6.00. The minimum atomic E-state index is 0.827. The Labute approximate surface area is 101 Å². The van der Waals surface area contributed by atoms with Crippen LogP contribution in [-0.2, 0) is 19.3 Å². The lowest BCUT2D eigenvalue weighted by molar-refractivity contribution is 0.475. The minimum Gasteiger partial charge on any atom is -0.446 e. The molecular weight excluding hydrogens is 214 g/mol. The van der Waals surface area contributed by atoms with Crippen molar-refractivity contribution in [1.29, 1.82) is 0 Å². The molecule has 0 aliphatic carbocycles. The van der Waals surface area contributed by atoms with Gasteiger partial charge in [-0.15, -0.1) is 0 Å². The van der Waals surface area contributed by atoms with E-state index < -0.39 is 0 Å². The molecule has 90 valence electrons. The number of rotatable bonds is 5. The predicted octanol–water partition coefficient (Wildman–Crippen LogP) is 2.51. The third-order valence-electron chi connectivity index (χ3n) is 2.67. The van der Waals surface area contributed by atoms with Gasteiger partial charge in [0.2, 0.25) is 0 Å². The molecular formula is C13H17N3O. The van der Waals surface area contributed by atoms with E-state index in [1.54, 1.807) is 12.4 Å². The third-order valence-corrected chi connectivity index (χ3v) is 2.67. The molecule has 4 heteroatoms. The molecule has 4 nitrogen and oxygen atoms in total. The Hall–Kier alpha value is -1.71. The van der Waals surface area contributed by atoms with E-state index in [0.29, 0.717) is 0 Å². The molecule has 0 radical (unpaired) electrons. The largest absolute Gasteiger partial charge is 0.446 e. The van der Waals surface area contributed by atoms with Gasteiger partial charge in [-0.05, 0) is 25.8 Å². The molecule has 0 spiro atoms. The molecule has 0 amide bonds. The van der Waals surface area contributed by atoms with Crippen LogP contribution >= 0.6 is 0 Å². The second-order valence-electron chi connectivity index (χ2n) is 3.98. The van der Waals surface area contributed by atoms with E-state index >= 15 is 0 Å². The Bertz CT molecular complexity index is 465. The summed E-state index contributed by atoms with van der Waals surface area (Å²) in [4.78, 5) is 12.8. The highest BCUT2D eigenvalue weighted by atomic mass is 16.4. The monoisotopic (exact) mass is 231 g/mol. The van der Waals surface area contributed by atoms with Crippen molar-refractivity contribution in [3.8, 4) is 0 Å². The first-order valence-corrected chi connectivity index (χ1v) is 6.00.